The van der Waals surface area contributed by atoms with E-state index in [0.717, 1.165) is 6.42 Å². The van der Waals surface area contributed by atoms with Crippen molar-refractivity contribution in [2.75, 3.05) is 0 Å². The number of hydrogen-bond donors (Lipinski definition) is 0. The SMILES string of the molecule is CC(=O)c1nc2c(s1)C(C)CC(C)C2. The summed E-state index contributed by atoms with van der Waals surface area (Å²) in [6, 6.07) is 0. The molecule has 76 valence electrons. The summed E-state index contributed by atoms with van der Waals surface area (Å²) >= 11 is 1.59. The lowest BCUT2D eigenvalue weighted by Crippen LogP contribution is -2.13. The first-order valence-electron chi connectivity index (χ1n) is 5.08. The molecule has 0 saturated carbocycles. The molecule has 2 nitrogen and oxygen atoms in total. The van der Waals surface area contributed by atoms with E-state index in [1.54, 1.807) is 18.3 Å². The summed E-state index contributed by atoms with van der Waals surface area (Å²) in [5.41, 5.74) is 1.17. The first-order chi connectivity index (χ1) is 6.58. The molecule has 2 atom stereocenters. The Morgan fingerprint density at radius 3 is 2.86 bits per heavy atom. The summed E-state index contributed by atoms with van der Waals surface area (Å²) in [6.07, 6.45) is 2.27. The maximum absolute atomic E-state index is 11.2. The number of thiazole rings is 1. The Labute approximate surface area is 88.4 Å². The molecular formula is C11H15NOS. The van der Waals surface area contributed by atoms with Crippen molar-refractivity contribution in [2.45, 2.75) is 39.5 Å². The van der Waals surface area contributed by atoms with Gasteiger partial charge in [0.1, 0.15) is 0 Å². The van der Waals surface area contributed by atoms with Crippen molar-refractivity contribution in [1.82, 2.24) is 4.98 Å². The quantitative estimate of drug-likeness (QED) is 0.665. The molecule has 1 aromatic heterocycles. The molecule has 0 N–H and O–H groups in total. The molecule has 0 aliphatic heterocycles. The van der Waals surface area contributed by atoms with Crippen LogP contribution in [0.3, 0.4) is 0 Å². The van der Waals surface area contributed by atoms with Crippen LogP contribution in [0.25, 0.3) is 0 Å². The highest BCUT2D eigenvalue weighted by atomic mass is 32.1. The molecule has 3 heteroatoms. The van der Waals surface area contributed by atoms with Gasteiger partial charge < -0.3 is 0 Å². The molecule has 0 spiro atoms. The fourth-order valence-electron chi connectivity index (χ4n) is 2.17. The van der Waals surface area contributed by atoms with Crippen LogP contribution in [0.4, 0.5) is 0 Å². The van der Waals surface area contributed by atoms with Gasteiger partial charge in [-0.25, -0.2) is 4.98 Å². The van der Waals surface area contributed by atoms with Gasteiger partial charge in [0, 0.05) is 11.8 Å². The van der Waals surface area contributed by atoms with E-state index < -0.39 is 0 Å². The lowest BCUT2D eigenvalue weighted by molar-refractivity contribution is 0.101. The van der Waals surface area contributed by atoms with E-state index in [2.05, 4.69) is 18.8 Å². The van der Waals surface area contributed by atoms with Gasteiger partial charge in [0.25, 0.3) is 0 Å². The third kappa shape index (κ3) is 1.61. The molecule has 0 radical (unpaired) electrons. The Balaban J connectivity index is 2.40. The predicted octanol–water partition coefficient (Wildman–Crippen LogP) is 3.03. The van der Waals surface area contributed by atoms with Gasteiger partial charge in [-0.1, -0.05) is 13.8 Å². The molecule has 1 aliphatic rings. The van der Waals surface area contributed by atoms with Crippen molar-refractivity contribution < 1.29 is 4.79 Å². The van der Waals surface area contributed by atoms with Crippen molar-refractivity contribution in [3.05, 3.63) is 15.6 Å². The van der Waals surface area contributed by atoms with Gasteiger partial charge in [0.05, 0.1) is 5.69 Å². The molecule has 2 unspecified atom stereocenters. The number of hydrogen-bond acceptors (Lipinski definition) is 3. The number of aromatic nitrogens is 1. The summed E-state index contributed by atoms with van der Waals surface area (Å²) in [7, 11) is 0. The average molecular weight is 209 g/mol. The number of fused-ring (bicyclic) bond motifs is 1. The van der Waals surface area contributed by atoms with Crippen LogP contribution in [0.1, 0.15) is 53.5 Å². The maximum atomic E-state index is 11.2. The summed E-state index contributed by atoms with van der Waals surface area (Å²) in [5, 5.41) is 0.691. The Morgan fingerprint density at radius 1 is 1.50 bits per heavy atom. The first-order valence-corrected chi connectivity index (χ1v) is 5.90. The number of nitrogens with zero attached hydrogens (tertiary/aromatic N) is 1. The fraction of sp³-hybridized carbons (Fsp3) is 0.636. The highest BCUT2D eigenvalue weighted by molar-refractivity contribution is 7.13. The maximum Gasteiger partial charge on any atom is 0.188 e. The molecule has 0 aromatic carbocycles. The molecule has 2 rings (SSSR count). The standard InChI is InChI=1S/C11H15NOS/c1-6-4-7(2)10-9(5-6)12-11(14-10)8(3)13/h6-7H,4-5H2,1-3H3. The predicted molar refractivity (Wildman–Crippen MR) is 58.0 cm³/mol. The van der Waals surface area contributed by atoms with Gasteiger partial charge in [0.2, 0.25) is 0 Å². The minimum atomic E-state index is 0.101. The molecule has 0 bridgehead atoms. The lowest BCUT2D eigenvalue weighted by atomic mass is 9.86. The summed E-state index contributed by atoms with van der Waals surface area (Å²) in [4.78, 5) is 17.0. The number of Topliss-reactive ketones (excluding diaryl/α,β-unsaturated/α-hetero) is 1. The summed E-state index contributed by atoms with van der Waals surface area (Å²) in [5.74, 6) is 1.39. The second-order valence-electron chi connectivity index (χ2n) is 4.33. The third-order valence-corrected chi connectivity index (χ3v) is 4.20. The first kappa shape index (κ1) is 9.84. The number of rotatable bonds is 1. The highest BCUT2D eigenvalue weighted by Gasteiger charge is 2.26. The minimum absolute atomic E-state index is 0.101. The Hall–Kier alpha value is -0.700. The monoisotopic (exact) mass is 209 g/mol. The normalized spacial score (nSPS) is 25.9. The van der Waals surface area contributed by atoms with Crippen LogP contribution in [0.2, 0.25) is 0 Å². The Bertz CT molecular complexity index is 369. The number of carbonyl (C=O) groups excluding carboxylic acids is 1. The molecule has 1 aromatic rings. The van der Waals surface area contributed by atoms with E-state index in [-0.39, 0.29) is 5.78 Å². The molecular weight excluding hydrogens is 194 g/mol. The lowest BCUT2D eigenvalue weighted by Gasteiger charge is -2.22. The van der Waals surface area contributed by atoms with Gasteiger partial charge in [0.15, 0.2) is 10.8 Å². The van der Waals surface area contributed by atoms with Crippen LogP contribution >= 0.6 is 11.3 Å². The third-order valence-electron chi connectivity index (χ3n) is 2.77. The van der Waals surface area contributed by atoms with E-state index in [0.29, 0.717) is 16.8 Å². The molecule has 1 heterocycles. The fourth-order valence-corrected chi connectivity index (χ4v) is 3.22. The zero-order valence-electron chi connectivity index (χ0n) is 8.83. The highest BCUT2D eigenvalue weighted by Crippen LogP contribution is 2.37. The second-order valence-corrected chi connectivity index (χ2v) is 5.36. The van der Waals surface area contributed by atoms with Crippen molar-refractivity contribution >= 4 is 17.1 Å². The van der Waals surface area contributed by atoms with E-state index in [9.17, 15) is 4.79 Å². The second kappa shape index (κ2) is 3.46. The molecule has 0 amide bonds. The summed E-state index contributed by atoms with van der Waals surface area (Å²) < 4.78 is 0. The van der Waals surface area contributed by atoms with Crippen LogP contribution in [0.5, 0.6) is 0 Å². The van der Waals surface area contributed by atoms with E-state index in [1.165, 1.54) is 17.0 Å². The number of ketones is 1. The minimum Gasteiger partial charge on any atom is -0.292 e. The molecule has 1 aliphatic carbocycles. The Morgan fingerprint density at radius 2 is 2.21 bits per heavy atom. The van der Waals surface area contributed by atoms with Crippen LogP contribution in [-0.4, -0.2) is 10.8 Å². The molecule has 0 saturated heterocycles. The molecule has 0 fully saturated rings. The van der Waals surface area contributed by atoms with E-state index in [4.69, 9.17) is 0 Å². The van der Waals surface area contributed by atoms with E-state index in [1.807, 2.05) is 0 Å². The molecule has 14 heavy (non-hydrogen) atoms. The smallest absolute Gasteiger partial charge is 0.188 e. The zero-order chi connectivity index (χ0) is 10.3. The van der Waals surface area contributed by atoms with Gasteiger partial charge in [-0.3, -0.25) is 4.79 Å². The van der Waals surface area contributed by atoms with Gasteiger partial charge in [-0.15, -0.1) is 11.3 Å². The van der Waals surface area contributed by atoms with Crippen molar-refractivity contribution in [2.24, 2.45) is 5.92 Å². The van der Waals surface area contributed by atoms with Crippen LogP contribution in [0.15, 0.2) is 0 Å². The largest absolute Gasteiger partial charge is 0.292 e. The van der Waals surface area contributed by atoms with Gasteiger partial charge in [-0.05, 0) is 24.7 Å². The van der Waals surface area contributed by atoms with Crippen LogP contribution in [0, 0.1) is 5.92 Å². The Kier molecular flexibility index (Phi) is 2.43. The van der Waals surface area contributed by atoms with Crippen molar-refractivity contribution in [3.8, 4) is 0 Å². The average Bonchev–Trinajstić information content (AvgIpc) is 2.47. The van der Waals surface area contributed by atoms with Crippen LogP contribution in [-0.2, 0) is 6.42 Å². The topological polar surface area (TPSA) is 30.0 Å². The van der Waals surface area contributed by atoms with Crippen molar-refractivity contribution in [3.63, 3.8) is 0 Å². The van der Waals surface area contributed by atoms with Gasteiger partial charge in [-0.2, -0.15) is 0 Å². The van der Waals surface area contributed by atoms with Gasteiger partial charge >= 0.3 is 0 Å². The number of carbonyl (C=O) groups is 1. The summed E-state index contributed by atoms with van der Waals surface area (Å²) in [6.45, 7) is 6.08. The van der Waals surface area contributed by atoms with Crippen molar-refractivity contribution in [1.29, 1.82) is 0 Å². The zero-order valence-corrected chi connectivity index (χ0v) is 9.65. The van der Waals surface area contributed by atoms with E-state index >= 15 is 0 Å². The van der Waals surface area contributed by atoms with Crippen LogP contribution < -0.4 is 0 Å².